The molecule has 15 heavy (non-hydrogen) atoms. The van der Waals surface area contributed by atoms with Crippen molar-refractivity contribution in [1.29, 1.82) is 0 Å². The molecule has 0 aromatic heterocycles. The van der Waals surface area contributed by atoms with Gasteiger partial charge >= 0.3 is 0 Å². The summed E-state index contributed by atoms with van der Waals surface area (Å²) in [5, 5.41) is 0. The van der Waals surface area contributed by atoms with E-state index in [4.69, 9.17) is 5.73 Å². The van der Waals surface area contributed by atoms with Gasteiger partial charge in [-0.1, -0.05) is 13.8 Å². The zero-order valence-corrected chi connectivity index (χ0v) is 10.3. The van der Waals surface area contributed by atoms with Crippen molar-refractivity contribution in [2.45, 2.75) is 33.1 Å². The second-order valence-electron chi connectivity index (χ2n) is 3.78. The molecule has 0 aliphatic carbocycles. The predicted molar refractivity (Wildman–Crippen MR) is 61.4 cm³/mol. The van der Waals surface area contributed by atoms with E-state index >= 15 is 0 Å². The maximum atomic E-state index is 11.5. The minimum atomic E-state index is -3.01. The van der Waals surface area contributed by atoms with Crippen molar-refractivity contribution < 1.29 is 13.2 Å². The molecule has 4 nitrogen and oxygen atoms in total. The van der Waals surface area contributed by atoms with Gasteiger partial charge in [0.2, 0.25) is 0 Å². The topological polar surface area (TPSA) is 77.2 Å². The second kappa shape index (κ2) is 6.95. The van der Waals surface area contributed by atoms with E-state index in [-0.39, 0.29) is 29.6 Å². The largest absolute Gasteiger partial charge is 0.330 e. The van der Waals surface area contributed by atoms with Gasteiger partial charge in [-0.15, -0.1) is 0 Å². The molecule has 0 spiro atoms. The van der Waals surface area contributed by atoms with Gasteiger partial charge in [0.05, 0.1) is 5.75 Å². The van der Waals surface area contributed by atoms with Crippen LogP contribution in [0.15, 0.2) is 0 Å². The maximum Gasteiger partial charge on any atom is 0.150 e. The van der Waals surface area contributed by atoms with Gasteiger partial charge in [-0.2, -0.15) is 0 Å². The van der Waals surface area contributed by atoms with Gasteiger partial charge in [0.1, 0.15) is 15.6 Å². The number of nitrogens with two attached hydrogens (primary N) is 1. The molecule has 1 unspecified atom stereocenters. The van der Waals surface area contributed by atoms with Gasteiger partial charge in [-0.3, -0.25) is 4.79 Å². The van der Waals surface area contributed by atoms with Crippen molar-refractivity contribution in [3.63, 3.8) is 0 Å². The molecule has 1 atom stereocenters. The molecule has 5 heteroatoms. The molecule has 0 aliphatic rings. The third-order valence-electron chi connectivity index (χ3n) is 2.49. The maximum absolute atomic E-state index is 11.5. The molecule has 0 heterocycles. The van der Waals surface area contributed by atoms with Crippen LogP contribution >= 0.6 is 0 Å². The molecule has 0 saturated carbocycles. The molecule has 0 rings (SSSR count). The van der Waals surface area contributed by atoms with Crippen LogP contribution in [0.4, 0.5) is 0 Å². The Kier molecular flexibility index (Phi) is 6.76. The van der Waals surface area contributed by atoms with Crippen LogP contribution in [0.2, 0.25) is 0 Å². The highest BCUT2D eigenvalue weighted by Gasteiger charge is 2.16. The van der Waals surface area contributed by atoms with Gasteiger partial charge in [0.15, 0.2) is 0 Å². The van der Waals surface area contributed by atoms with E-state index in [2.05, 4.69) is 0 Å². The Morgan fingerprint density at radius 2 is 2.00 bits per heavy atom. The Labute approximate surface area is 92.2 Å². The van der Waals surface area contributed by atoms with Crippen molar-refractivity contribution in [3.8, 4) is 0 Å². The number of ketones is 1. The van der Waals surface area contributed by atoms with Crippen LogP contribution < -0.4 is 5.73 Å². The Hall–Kier alpha value is -0.420. The van der Waals surface area contributed by atoms with Crippen LogP contribution in [-0.4, -0.2) is 32.3 Å². The Morgan fingerprint density at radius 3 is 2.47 bits per heavy atom. The lowest BCUT2D eigenvalue weighted by molar-refractivity contribution is -0.122. The fraction of sp³-hybridized carbons (Fsp3) is 0.900. The first-order chi connectivity index (χ1) is 6.93. The van der Waals surface area contributed by atoms with Crippen molar-refractivity contribution in [3.05, 3.63) is 0 Å². The van der Waals surface area contributed by atoms with Crippen LogP contribution in [-0.2, 0) is 14.6 Å². The summed E-state index contributed by atoms with van der Waals surface area (Å²) in [6, 6.07) is 0. The van der Waals surface area contributed by atoms with E-state index in [0.717, 1.165) is 12.8 Å². The lowest BCUT2D eigenvalue weighted by atomic mass is 9.99. The quantitative estimate of drug-likeness (QED) is 0.673. The smallest absolute Gasteiger partial charge is 0.150 e. The molecular weight excluding hydrogens is 214 g/mol. The van der Waals surface area contributed by atoms with Gasteiger partial charge in [0, 0.05) is 18.1 Å². The molecule has 0 fully saturated rings. The summed E-state index contributed by atoms with van der Waals surface area (Å²) >= 11 is 0. The lowest BCUT2D eigenvalue weighted by Gasteiger charge is -2.09. The summed E-state index contributed by atoms with van der Waals surface area (Å²) < 4.78 is 22.3. The summed E-state index contributed by atoms with van der Waals surface area (Å²) in [7, 11) is -3.01. The van der Waals surface area contributed by atoms with Crippen molar-refractivity contribution in [2.75, 3.05) is 18.1 Å². The van der Waals surface area contributed by atoms with Crippen LogP contribution in [0.3, 0.4) is 0 Å². The Morgan fingerprint density at radius 1 is 1.40 bits per heavy atom. The van der Waals surface area contributed by atoms with Crippen LogP contribution in [0.25, 0.3) is 0 Å². The van der Waals surface area contributed by atoms with E-state index in [1.807, 2.05) is 6.92 Å². The highest BCUT2D eigenvalue weighted by Crippen LogP contribution is 2.09. The van der Waals surface area contributed by atoms with E-state index < -0.39 is 9.84 Å². The molecule has 0 bridgehead atoms. The minimum Gasteiger partial charge on any atom is -0.330 e. The fourth-order valence-electron chi connectivity index (χ4n) is 1.23. The zero-order valence-electron chi connectivity index (χ0n) is 9.53. The number of hydrogen-bond donors (Lipinski definition) is 1. The lowest BCUT2D eigenvalue weighted by Crippen LogP contribution is -2.18. The summed E-state index contributed by atoms with van der Waals surface area (Å²) in [6.45, 7) is 4.00. The van der Waals surface area contributed by atoms with Gasteiger partial charge in [0.25, 0.3) is 0 Å². The molecular formula is C10H21NO3S. The minimum absolute atomic E-state index is 0.0186. The van der Waals surface area contributed by atoms with E-state index in [9.17, 15) is 13.2 Å². The second-order valence-corrected chi connectivity index (χ2v) is 6.26. The van der Waals surface area contributed by atoms with Crippen LogP contribution in [0.5, 0.6) is 0 Å². The molecule has 0 amide bonds. The van der Waals surface area contributed by atoms with Crippen molar-refractivity contribution >= 4 is 15.6 Å². The Balaban J connectivity index is 3.93. The molecule has 0 aromatic rings. The number of hydrogen-bond acceptors (Lipinski definition) is 4. The first-order valence-electron chi connectivity index (χ1n) is 5.36. The van der Waals surface area contributed by atoms with Crippen molar-refractivity contribution in [2.24, 2.45) is 11.7 Å². The summed E-state index contributed by atoms with van der Waals surface area (Å²) in [6.07, 6.45) is 1.71. The first kappa shape index (κ1) is 14.6. The number of carbonyl (C=O) groups is 1. The fourth-order valence-corrected chi connectivity index (χ4v) is 2.03. The monoisotopic (exact) mass is 235 g/mol. The molecule has 2 N–H and O–H groups in total. The first-order valence-corrected chi connectivity index (χ1v) is 7.18. The SMILES string of the molecule is CCS(=O)(=O)CCC(=O)C(C)CCCN. The molecule has 0 aromatic carbocycles. The number of Topliss-reactive ketones (excluding diaryl/α,β-unsaturated/α-hetero) is 1. The highest BCUT2D eigenvalue weighted by atomic mass is 32.2. The average molecular weight is 235 g/mol. The van der Waals surface area contributed by atoms with E-state index in [1.54, 1.807) is 6.92 Å². The highest BCUT2D eigenvalue weighted by molar-refractivity contribution is 7.91. The zero-order chi connectivity index (χ0) is 11.9. The summed E-state index contributed by atoms with van der Waals surface area (Å²) in [5.41, 5.74) is 5.33. The normalized spacial score (nSPS) is 13.8. The number of sulfone groups is 1. The predicted octanol–water partition coefficient (Wildman–Crippen LogP) is 0.755. The summed E-state index contributed by atoms with van der Waals surface area (Å²) in [5.74, 6) is 0.0494. The van der Waals surface area contributed by atoms with Crippen molar-refractivity contribution in [1.82, 2.24) is 0 Å². The standard InChI is InChI=1S/C10H21NO3S/c1-3-15(13,14)8-6-10(12)9(2)5-4-7-11/h9H,3-8,11H2,1-2H3. The third kappa shape index (κ3) is 6.62. The summed E-state index contributed by atoms with van der Waals surface area (Å²) in [4.78, 5) is 11.5. The Bertz CT molecular complexity index is 285. The van der Waals surface area contributed by atoms with E-state index in [1.165, 1.54) is 0 Å². The molecule has 0 saturated heterocycles. The third-order valence-corrected chi connectivity index (χ3v) is 4.20. The molecule has 0 radical (unpaired) electrons. The van der Waals surface area contributed by atoms with Gasteiger partial charge in [-0.25, -0.2) is 8.42 Å². The van der Waals surface area contributed by atoms with Crippen LogP contribution in [0, 0.1) is 5.92 Å². The number of carbonyl (C=O) groups excluding carboxylic acids is 1. The van der Waals surface area contributed by atoms with Gasteiger partial charge < -0.3 is 5.73 Å². The van der Waals surface area contributed by atoms with E-state index in [0.29, 0.717) is 6.54 Å². The average Bonchev–Trinajstić information content (AvgIpc) is 2.22. The number of rotatable bonds is 8. The molecule has 0 aliphatic heterocycles. The van der Waals surface area contributed by atoms with Gasteiger partial charge in [-0.05, 0) is 19.4 Å². The molecule has 90 valence electrons. The van der Waals surface area contributed by atoms with Crippen LogP contribution in [0.1, 0.15) is 33.1 Å².